The molecular formula is C20H19N3OS. The highest BCUT2D eigenvalue weighted by atomic mass is 32.1. The van der Waals surface area contributed by atoms with Gasteiger partial charge in [0.05, 0.1) is 12.2 Å². The summed E-state index contributed by atoms with van der Waals surface area (Å²) in [7, 11) is 0. The summed E-state index contributed by atoms with van der Waals surface area (Å²) in [5.41, 5.74) is 5.66. The molecule has 0 atom stereocenters. The minimum absolute atomic E-state index is 0.0264. The number of aromatic nitrogens is 1. The van der Waals surface area contributed by atoms with Crippen LogP contribution in [0.5, 0.6) is 0 Å². The van der Waals surface area contributed by atoms with Crippen LogP contribution in [0.2, 0.25) is 0 Å². The first-order valence-corrected chi connectivity index (χ1v) is 9.22. The van der Waals surface area contributed by atoms with Crippen molar-refractivity contribution in [1.82, 2.24) is 4.98 Å². The van der Waals surface area contributed by atoms with Crippen LogP contribution in [0.3, 0.4) is 0 Å². The van der Waals surface area contributed by atoms with Crippen LogP contribution >= 0.6 is 11.3 Å². The first-order valence-electron chi connectivity index (χ1n) is 8.34. The molecule has 4 rings (SSSR count). The van der Waals surface area contributed by atoms with E-state index in [9.17, 15) is 4.79 Å². The lowest BCUT2D eigenvalue weighted by Crippen LogP contribution is -2.31. The highest BCUT2D eigenvalue weighted by Gasteiger charge is 2.20. The molecule has 2 heterocycles. The van der Waals surface area contributed by atoms with Crippen molar-refractivity contribution in [3.8, 4) is 11.3 Å². The molecule has 126 valence electrons. The predicted molar refractivity (Wildman–Crippen MR) is 103 cm³/mol. The molecule has 0 unspecified atom stereocenters. The van der Waals surface area contributed by atoms with Gasteiger partial charge in [0, 0.05) is 23.2 Å². The van der Waals surface area contributed by atoms with Crippen LogP contribution in [0.1, 0.15) is 11.1 Å². The van der Waals surface area contributed by atoms with Gasteiger partial charge in [0.1, 0.15) is 0 Å². The van der Waals surface area contributed by atoms with E-state index in [2.05, 4.69) is 58.5 Å². The van der Waals surface area contributed by atoms with E-state index in [0.29, 0.717) is 11.7 Å². The predicted octanol–water partition coefficient (Wildman–Crippen LogP) is 4.12. The Kier molecular flexibility index (Phi) is 4.24. The lowest BCUT2D eigenvalue weighted by Gasteiger charge is -2.18. The molecule has 4 nitrogen and oxygen atoms in total. The summed E-state index contributed by atoms with van der Waals surface area (Å²) >= 11 is 1.46. The third-order valence-electron chi connectivity index (χ3n) is 4.42. The molecule has 0 saturated carbocycles. The van der Waals surface area contributed by atoms with Gasteiger partial charge >= 0.3 is 0 Å². The van der Waals surface area contributed by atoms with Crippen molar-refractivity contribution < 1.29 is 4.79 Å². The fourth-order valence-corrected chi connectivity index (χ4v) is 3.83. The number of benzene rings is 2. The minimum Gasteiger partial charge on any atom is -0.362 e. The van der Waals surface area contributed by atoms with Crippen LogP contribution in [-0.4, -0.2) is 24.0 Å². The van der Waals surface area contributed by atoms with Gasteiger partial charge in [-0.05, 0) is 25.0 Å². The van der Waals surface area contributed by atoms with Gasteiger partial charge in [-0.25, -0.2) is 4.98 Å². The molecule has 1 aromatic heterocycles. The van der Waals surface area contributed by atoms with Gasteiger partial charge in [-0.1, -0.05) is 48.0 Å². The maximum Gasteiger partial charge on any atom is 0.245 e. The van der Waals surface area contributed by atoms with Gasteiger partial charge < -0.3 is 10.2 Å². The second-order valence-corrected chi connectivity index (χ2v) is 7.11. The molecule has 0 bridgehead atoms. The van der Waals surface area contributed by atoms with Gasteiger partial charge in [0.25, 0.3) is 0 Å². The Balaban J connectivity index is 1.41. The van der Waals surface area contributed by atoms with Crippen LogP contribution < -0.4 is 10.2 Å². The number of amides is 1. The maximum absolute atomic E-state index is 12.4. The molecule has 0 saturated heterocycles. The summed E-state index contributed by atoms with van der Waals surface area (Å²) in [5.74, 6) is -0.0264. The van der Waals surface area contributed by atoms with E-state index in [1.54, 1.807) is 0 Å². The van der Waals surface area contributed by atoms with E-state index in [0.717, 1.165) is 29.9 Å². The average Bonchev–Trinajstić information content (AvgIpc) is 3.23. The molecule has 0 aliphatic carbocycles. The summed E-state index contributed by atoms with van der Waals surface area (Å²) in [4.78, 5) is 19.0. The molecule has 25 heavy (non-hydrogen) atoms. The fraction of sp³-hybridized carbons (Fsp3) is 0.200. The number of aryl methyl sites for hydroxylation is 1. The van der Waals surface area contributed by atoms with Crippen molar-refractivity contribution in [3.63, 3.8) is 0 Å². The summed E-state index contributed by atoms with van der Waals surface area (Å²) < 4.78 is 0. The lowest BCUT2D eigenvalue weighted by molar-refractivity contribution is -0.115. The van der Waals surface area contributed by atoms with Crippen LogP contribution in [0.25, 0.3) is 11.3 Å². The standard InChI is InChI=1S/C20H19N3OS/c1-14-6-8-15(9-7-14)17-13-25-20(21-17)22-19(24)12-23-11-10-16-4-2-3-5-18(16)23/h2-9,13H,10-12H2,1H3,(H,21,22,24). The fourth-order valence-electron chi connectivity index (χ4n) is 3.09. The van der Waals surface area contributed by atoms with Crippen molar-refractivity contribution in [1.29, 1.82) is 0 Å². The summed E-state index contributed by atoms with van der Waals surface area (Å²) in [6, 6.07) is 16.5. The highest BCUT2D eigenvalue weighted by Crippen LogP contribution is 2.28. The van der Waals surface area contributed by atoms with Gasteiger partial charge in [-0.3, -0.25) is 4.79 Å². The average molecular weight is 349 g/mol. The zero-order valence-corrected chi connectivity index (χ0v) is 14.8. The van der Waals surface area contributed by atoms with Gasteiger partial charge in [0.2, 0.25) is 5.91 Å². The number of thiazole rings is 1. The number of fused-ring (bicyclic) bond motifs is 1. The van der Waals surface area contributed by atoms with Crippen molar-refractivity contribution in [2.75, 3.05) is 23.3 Å². The van der Waals surface area contributed by atoms with E-state index in [1.165, 1.54) is 22.5 Å². The van der Waals surface area contributed by atoms with Crippen LogP contribution in [0.15, 0.2) is 53.9 Å². The van der Waals surface area contributed by atoms with Crippen molar-refractivity contribution in [2.45, 2.75) is 13.3 Å². The first-order chi connectivity index (χ1) is 12.2. The summed E-state index contributed by atoms with van der Waals surface area (Å²) in [6.07, 6.45) is 0.998. The molecule has 0 spiro atoms. The maximum atomic E-state index is 12.4. The van der Waals surface area contributed by atoms with Gasteiger partial charge in [-0.2, -0.15) is 0 Å². The molecule has 3 aromatic rings. The largest absolute Gasteiger partial charge is 0.362 e. The van der Waals surface area contributed by atoms with E-state index >= 15 is 0 Å². The Morgan fingerprint density at radius 1 is 1.20 bits per heavy atom. The van der Waals surface area contributed by atoms with Crippen molar-refractivity contribution in [3.05, 3.63) is 65.0 Å². The Bertz CT molecular complexity index is 901. The Morgan fingerprint density at radius 2 is 2.00 bits per heavy atom. The van der Waals surface area contributed by atoms with Gasteiger partial charge in [0.15, 0.2) is 5.13 Å². The third-order valence-corrected chi connectivity index (χ3v) is 5.17. The summed E-state index contributed by atoms with van der Waals surface area (Å²) in [5, 5.41) is 5.55. The number of carbonyl (C=O) groups is 1. The Hall–Kier alpha value is -2.66. The molecule has 1 aliphatic rings. The van der Waals surface area contributed by atoms with Gasteiger partial charge in [-0.15, -0.1) is 11.3 Å². The second-order valence-electron chi connectivity index (χ2n) is 6.25. The number of nitrogens with zero attached hydrogens (tertiary/aromatic N) is 2. The third kappa shape index (κ3) is 3.42. The van der Waals surface area contributed by atoms with Crippen LogP contribution in [0, 0.1) is 6.92 Å². The number of hydrogen-bond donors (Lipinski definition) is 1. The van der Waals surface area contributed by atoms with E-state index in [1.807, 2.05) is 17.5 Å². The number of anilines is 2. The molecule has 1 N–H and O–H groups in total. The Labute approximate surface area is 151 Å². The molecular weight excluding hydrogens is 330 g/mol. The SMILES string of the molecule is Cc1ccc(-c2csc(NC(=O)CN3CCc4ccccc43)n2)cc1. The number of para-hydroxylation sites is 1. The second kappa shape index (κ2) is 6.69. The van der Waals surface area contributed by atoms with E-state index in [4.69, 9.17) is 0 Å². The molecule has 5 heteroatoms. The summed E-state index contributed by atoms with van der Waals surface area (Å²) in [6.45, 7) is 3.31. The zero-order valence-electron chi connectivity index (χ0n) is 14.0. The lowest BCUT2D eigenvalue weighted by atomic mass is 10.1. The molecule has 0 fully saturated rings. The molecule has 2 aromatic carbocycles. The Morgan fingerprint density at radius 3 is 2.84 bits per heavy atom. The smallest absolute Gasteiger partial charge is 0.245 e. The van der Waals surface area contributed by atoms with E-state index < -0.39 is 0 Å². The number of carbonyl (C=O) groups excluding carboxylic acids is 1. The highest BCUT2D eigenvalue weighted by molar-refractivity contribution is 7.14. The van der Waals surface area contributed by atoms with Crippen molar-refractivity contribution >= 4 is 28.1 Å². The van der Waals surface area contributed by atoms with Crippen LogP contribution in [0.4, 0.5) is 10.8 Å². The normalized spacial score (nSPS) is 12.9. The van der Waals surface area contributed by atoms with Crippen molar-refractivity contribution in [2.24, 2.45) is 0 Å². The first kappa shape index (κ1) is 15.8. The molecule has 1 amide bonds. The zero-order chi connectivity index (χ0) is 17.2. The molecule has 0 radical (unpaired) electrons. The number of hydrogen-bond acceptors (Lipinski definition) is 4. The minimum atomic E-state index is -0.0264. The monoisotopic (exact) mass is 349 g/mol. The van der Waals surface area contributed by atoms with Crippen LogP contribution in [-0.2, 0) is 11.2 Å². The topological polar surface area (TPSA) is 45.2 Å². The van der Waals surface area contributed by atoms with E-state index in [-0.39, 0.29) is 5.91 Å². The number of rotatable bonds is 4. The number of nitrogens with one attached hydrogen (secondary N) is 1. The molecule has 1 aliphatic heterocycles. The quantitative estimate of drug-likeness (QED) is 0.771.